The molecule has 1 unspecified atom stereocenters. The molecule has 5 nitrogen and oxygen atoms in total. The van der Waals surface area contributed by atoms with E-state index < -0.39 is 42.0 Å². The normalized spacial score (nSPS) is 20.2. The van der Waals surface area contributed by atoms with Crippen LogP contribution >= 0.6 is 23.2 Å². The first-order valence-corrected chi connectivity index (χ1v) is 8.86. The fourth-order valence-corrected chi connectivity index (χ4v) is 3.22. The van der Waals surface area contributed by atoms with Crippen LogP contribution in [0.3, 0.4) is 0 Å². The molecule has 148 valence electrons. The zero-order valence-electron chi connectivity index (χ0n) is 14.5. The molecule has 0 bridgehead atoms. The Morgan fingerprint density at radius 1 is 1.18 bits per heavy atom. The summed E-state index contributed by atoms with van der Waals surface area (Å²) in [6.45, 7) is 0.0983. The molecule has 1 aromatic carbocycles. The molecule has 0 radical (unpaired) electrons. The third kappa shape index (κ3) is 3.54. The topological polar surface area (TPSA) is 53.5 Å². The Morgan fingerprint density at radius 2 is 1.82 bits per heavy atom. The van der Waals surface area contributed by atoms with Crippen molar-refractivity contribution in [2.24, 2.45) is 0 Å². The fraction of sp³-hybridized carbons (Fsp3) is 0.278. The van der Waals surface area contributed by atoms with Crippen LogP contribution in [0.15, 0.2) is 36.5 Å². The number of rotatable bonds is 4. The molecular weight excluding hydrogens is 418 g/mol. The molecule has 2 amide bonds. The average molecular weight is 432 g/mol. The summed E-state index contributed by atoms with van der Waals surface area (Å²) >= 11 is 11.5. The molecule has 0 saturated carbocycles. The zero-order valence-corrected chi connectivity index (χ0v) is 16.0. The lowest BCUT2D eigenvalue weighted by molar-refractivity contribution is -0.161. The molecule has 0 N–H and O–H groups in total. The Morgan fingerprint density at radius 3 is 2.39 bits per heavy atom. The Balaban J connectivity index is 2.00. The van der Waals surface area contributed by atoms with Gasteiger partial charge in [0.2, 0.25) is 5.91 Å². The number of halogens is 5. The number of hydrogen-bond donors (Lipinski definition) is 0. The van der Waals surface area contributed by atoms with Gasteiger partial charge in [-0.25, -0.2) is 18.2 Å². The molecule has 1 aliphatic heterocycles. The van der Waals surface area contributed by atoms with E-state index in [1.165, 1.54) is 0 Å². The van der Waals surface area contributed by atoms with Gasteiger partial charge in [-0.05, 0) is 30.7 Å². The van der Waals surface area contributed by atoms with Gasteiger partial charge < -0.3 is 4.90 Å². The van der Waals surface area contributed by atoms with E-state index in [9.17, 15) is 22.8 Å². The number of carbonyl (C=O) groups excluding carboxylic acids is 2. The van der Waals surface area contributed by atoms with Crippen LogP contribution in [0.25, 0.3) is 0 Å². The Hall–Kier alpha value is -2.32. The van der Waals surface area contributed by atoms with E-state index in [0.29, 0.717) is 15.5 Å². The minimum absolute atomic E-state index is 0.0296. The third-order valence-electron chi connectivity index (χ3n) is 4.56. The average Bonchev–Trinajstić information content (AvgIpc) is 2.63. The van der Waals surface area contributed by atoms with Crippen molar-refractivity contribution in [2.75, 3.05) is 11.4 Å². The van der Waals surface area contributed by atoms with Gasteiger partial charge in [0.15, 0.2) is 17.2 Å². The van der Waals surface area contributed by atoms with E-state index >= 15 is 0 Å². The van der Waals surface area contributed by atoms with Crippen LogP contribution in [0.2, 0.25) is 10.0 Å². The number of pyridine rings is 1. The van der Waals surface area contributed by atoms with Crippen molar-refractivity contribution in [1.82, 2.24) is 9.88 Å². The SMILES string of the molecule is CC1(C(F)F)C(=O)N(c2ncc(Cl)cc2F)CC(=O)N1Cc1ccc(Cl)cc1. The maximum absolute atomic E-state index is 14.2. The van der Waals surface area contributed by atoms with E-state index in [1.807, 2.05) is 0 Å². The number of hydrogen-bond acceptors (Lipinski definition) is 3. The van der Waals surface area contributed by atoms with Gasteiger partial charge in [0.1, 0.15) is 6.54 Å². The molecular formula is C18H14Cl2F3N3O2. The number of aromatic nitrogens is 1. The first-order valence-electron chi connectivity index (χ1n) is 8.10. The lowest BCUT2D eigenvalue weighted by Crippen LogP contribution is -2.70. The van der Waals surface area contributed by atoms with E-state index in [4.69, 9.17) is 23.2 Å². The van der Waals surface area contributed by atoms with Crippen LogP contribution < -0.4 is 4.90 Å². The summed E-state index contributed by atoms with van der Waals surface area (Å²) in [5.41, 5.74) is -1.98. The van der Waals surface area contributed by atoms with Crippen LogP contribution in [-0.2, 0) is 16.1 Å². The second-order valence-electron chi connectivity index (χ2n) is 6.40. The predicted octanol–water partition coefficient (Wildman–Crippen LogP) is 3.93. The first-order chi connectivity index (χ1) is 13.1. The standard InChI is InChI=1S/C18H14Cl2F3N3O2/c1-18(16(22)23)17(28)25(15-13(21)6-12(20)7-24-15)9-14(27)26(18)8-10-2-4-11(19)5-3-10/h2-7,16H,8-9H2,1H3. The van der Waals surface area contributed by atoms with E-state index in [2.05, 4.69) is 4.98 Å². The highest BCUT2D eigenvalue weighted by Gasteiger charge is 2.56. The number of anilines is 1. The Bertz CT molecular complexity index is 927. The van der Waals surface area contributed by atoms with Gasteiger partial charge in [0.05, 0.1) is 5.02 Å². The van der Waals surface area contributed by atoms with Gasteiger partial charge in [-0.15, -0.1) is 0 Å². The summed E-state index contributed by atoms with van der Waals surface area (Å²) in [5, 5.41) is 0.412. The Labute approximate surface area is 168 Å². The van der Waals surface area contributed by atoms with E-state index in [-0.39, 0.29) is 11.6 Å². The van der Waals surface area contributed by atoms with Crippen molar-refractivity contribution < 1.29 is 22.8 Å². The molecule has 10 heteroatoms. The largest absolute Gasteiger partial charge is 0.317 e. The van der Waals surface area contributed by atoms with Gasteiger partial charge in [0.25, 0.3) is 12.3 Å². The van der Waals surface area contributed by atoms with Gasteiger partial charge in [-0.3, -0.25) is 14.5 Å². The van der Waals surface area contributed by atoms with Gasteiger partial charge in [-0.1, -0.05) is 35.3 Å². The fourth-order valence-electron chi connectivity index (χ4n) is 2.95. The number of benzene rings is 1. The number of alkyl halides is 2. The van der Waals surface area contributed by atoms with Crippen molar-refractivity contribution in [3.8, 4) is 0 Å². The van der Waals surface area contributed by atoms with Crippen molar-refractivity contribution in [3.63, 3.8) is 0 Å². The summed E-state index contributed by atoms with van der Waals surface area (Å²) in [5.74, 6) is -3.42. The van der Waals surface area contributed by atoms with Crippen molar-refractivity contribution in [2.45, 2.75) is 25.4 Å². The van der Waals surface area contributed by atoms with Gasteiger partial charge in [-0.2, -0.15) is 0 Å². The second kappa shape index (κ2) is 7.60. The highest BCUT2D eigenvalue weighted by atomic mass is 35.5. The van der Waals surface area contributed by atoms with E-state index in [1.54, 1.807) is 24.3 Å². The third-order valence-corrected chi connectivity index (χ3v) is 5.01. The molecule has 0 aliphatic carbocycles. The molecule has 28 heavy (non-hydrogen) atoms. The molecule has 1 atom stereocenters. The number of piperazine rings is 1. The minimum Gasteiger partial charge on any atom is -0.317 e. The lowest BCUT2D eigenvalue weighted by atomic mass is 9.94. The quantitative estimate of drug-likeness (QED) is 0.736. The number of carbonyl (C=O) groups is 2. The second-order valence-corrected chi connectivity index (χ2v) is 7.28. The molecule has 3 rings (SSSR count). The molecule has 1 fully saturated rings. The predicted molar refractivity (Wildman–Crippen MR) is 98.0 cm³/mol. The van der Waals surface area contributed by atoms with E-state index in [0.717, 1.165) is 24.1 Å². The van der Waals surface area contributed by atoms with Crippen molar-refractivity contribution >= 4 is 40.8 Å². The van der Waals surface area contributed by atoms with Crippen LogP contribution in [0, 0.1) is 5.82 Å². The monoisotopic (exact) mass is 431 g/mol. The van der Waals surface area contributed by atoms with Crippen LogP contribution in [0.5, 0.6) is 0 Å². The molecule has 2 heterocycles. The highest BCUT2D eigenvalue weighted by molar-refractivity contribution is 6.30. The maximum atomic E-state index is 14.2. The first kappa shape index (κ1) is 20.4. The molecule has 0 spiro atoms. The summed E-state index contributed by atoms with van der Waals surface area (Å²) in [7, 11) is 0. The Kier molecular flexibility index (Phi) is 5.54. The van der Waals surface area contributed by atoms with Crippen molar-refractivity contribution in [1.29, 1.82) is 0 Å². The summed E-state index contributed by atoms with van der Waals surface area (Å²) < 4.78 is 42.2. The van der Waals surface area contributed by atoms with Gasteiger partial charge in [0, 0.05) is 17.8 Å². The van der Waals surface area contributed by atoms with Crippen LogP contribution in [-0.4, -0.2) is 40.2 Å². The number of nitrogens with zero attached hydrogens (tertiary/aromatic N) is 3. The van der Waals surface area contributed by atoms with Crippen molar-refractivity contribution in [3.05, 3.63) is 58.0 Å². The zero-order chi connectivity index (χ0) is 20.6. The summed E-state index contributed by atoms with van der Waals surface area (Å²) in [6, 6.07) is 7.12. The molecule has 1 saturated heterocycles. The smallest absolute Gasteiger partial charge is 0.270 e. The molecule has 2 aromatic rings. The summed E-state index contributed by atoms with van der Waals surface area (Å²) in [6.07, 6.45) is -2.15. The highest BCUT2D eigenvalue weighted by Crippen LogP contribution is 2.34. The number of amides is 2. The molecule has 1 aliphatic rings. The maximum Gasteiger partial charge on any atom is 0.270 e. The lowest BCUT2D eigenvalue weighted by Gasteiger charge is -2.46. The van der Waals surface area contributed by atoms with Crippen LogP contribution in [0.4, 0.5) is 19.0 Å². The van der Waals surface area contributed by atoms with Crippen LogP contribution in [0.1, 0.15) is 12.5 Å². The minimum atomic E-state index is -3.21. The summed E-state index contributed by atoms with van der Waals surface area (Å²) in [4.78, 5) is 30.7. The molecule has 1 aromatic heterocycles. The van der Waals surface area contributed by atoms with Gasteiger partial charge >= 0.3 is 0 Å².